The molecule has 0 bridgehead atoms. The normalized spacial score (nSPS) is 16.1. The Labute approximate surface area is 158 Å². The molecule has 0 saturated carbocycles. The van der Waals surface area contributed by atoms with Gasteiger partial charge in [0.1, 0.15) is 11.6 Å². The number of furan rings is 1. The summed E-state index contributed by atoms with van der Waals surface area (Å²) in [6.45, 7) is 8.84. The number of pyridine rings is 1. The molecule has 1 saturated heterocycles. The summed E-state index contributed by atoms with van der Waals surface area (Å²) < 4.78 is 10.6. The fourth-order valence-electron chi connectivity index (χ4n) is 3.26. The van der Waals surface area contributed by atoms with E-state index in [0.29, 0.717) is 11.7 Å². The first-order valence-electron chi connectivity index (χ1n) is 9.12. The van der Waals surface area contributed by atoms with Crippen LogP contribution in [-0.4, -0.2) is 52.7 Å². The predicted molar refractivity (Wildman–Crippen MR) is 103 cm³/mol. The van der Waals surface area contributed by atoms with Gasteiger partial charge < -0.3 is 13.8 Å². The first kappa shape index (κ1) is 17.5. The van der Waals surface area contributed by atoms with E-state index in [1.165, 1.54) is 5.57 Å². The van der Waals surface area contributed by atoms with Crippen LogP contribution in [0.1, 0.15) is 18.5 Å². The summed E-state index contributed by atoms with van der Waals surface area (Å²) in [7, 11) is 0. The van der Waals surface area contributed by atoms with Gasteiger partial charge in [0.05, 0.1) is 11.8 Å². The fraction of sp³-hybridized carbons (Fsp3) is 0.350. The van der Waals surface area contributed by atoms with Gasteiger partial charge in [0, 0.05) is 38.9 Å². The van der Waals surface area contributed by atoms with Gasteiger partial charge in [-0.3, -0.25) is 4.90 Å². The highest BCUT2D eigenvalue weighted by Gasteiger charge is 2.18. The van der Waals surface area contributed by atoms with Crippen LogP contribution in [0, 0.1) is 6.92 Å². The predicted octanol–water partition coefficient (Wildman–Crippen LogP) is 3.26. The molecule has 140 valence electrons. The molecule has 0 spiro atoms. The van der Waals surface area contributed by atoms with Crippen molar-refractivity contribution in [2.45, 2.75) is 13.8 Å². The number of aromatic nitrogens is 3. The third kappa shape index (κ3) is 4.25. The summed E-state index contributed by atoms with van der Waals surface area (Å²) in [6, 6.07) is 7.90. The molecule has 0 N–H and O–H groups in total. The van der Waals surface area contributed by atoms with Crippen LogP contribution in [0.3, 0.4) is 0 Å². The zero-order valence-corrected chi connectivity index (χ0v) is 15.6. The van der Waals surface area contributed by atoms with Crippen LogP contribution < -0.4 is 4.90 Å². The summed E-state index contributed by atoms with van der Waals surface area (Å²) in [4.78, 5) is 13.6. The molecule has 0 atom stereocenters. The van der Waals surface area contributed by atoms with E-state index < -0.39 is 0 Å². The van der Waals surface area contributed by atoms with Gasteiger partial charge in [-0.1, -0.05) is 10.7 Å². The lowest BCUT2D eigenvalue weighted by Crippen LogP contribution is -2.47. The van der Waals surface area contributed by atoms with Crippen molar-refractivity contribution in [1.29, 1.82) is 0 Å². The molecule has 4 rings (SSSR count). The van der Waals surface area contributed by atoms with Crippen LogP contribution in [0.15, 0.2) is 51.2 Å². The van der Waals surface area contributed by atoms with Crippen molar-refractivity contribution in [3.63, 3.8) is 0 Å². The maximum absolute atomic E-state index is 5.38. The van der Waals surface area contributed by atoms with Gasteiger partial charge in [0.2, 0.25) is 0 Å². The molecule has 27 heavy (non-hydrogen) atoms. The molecule has 4 heterocycles. The van der Waals surface area contributed by atoms with Crippen molar-refractivity contribution < 1.29 is 8.94 Å². The van der Waals surface area contributed by atoms with E-state index in [2.05, 4.69) is 37.9 Å². The maximum atomic E-state index is 5.38. The number of piperazine rings is 1. The van der Waals surface area contributed by atoms with Crippen molar-refractivity contribution in [3.05, 3.63) is 53.9 Å². The minimum atomic E-state index is 0.509. The summed E-state index contributed by atoms with van der Waals surface area (Å²) in [5, 5.41) is 3.82. The van der Waals surface area contributed by atoms with Gasteiger partial charge in [-0.2, -0.15) is 4.98 Å². The second-order valence-electron chi connectivity index (χ2n) is 6.82. The molecule has 0 aliphatic carbocycles. The Morgan fingerprint density at radius 1 is 1.19 bits per heavy atom. The molecule has 7 nitrogen and oxygen atoms in total. The van der Waals surface area contributed by atoms with Crippen LogP contribution in [-0.2, 0) is 0 Å². The average molecular weight is 365 g/mol. The topological polar surface area (TPSA) is 71.4 Å². The Hall–Kier alpha value is -2.93. The third-order valence-electron chi connectivity index (χ3n) is 4.62. The number of rotatable bonds is 5. The zero-order valence-electron chi connectivity index (χ0n) is 15.6. The lowest BCUT2D eigenvalue weighted by molar-refractivity contribution is 0.278. The molecule has 3 aromatic heterocycles. The molecular formula is C20H23N5O2. The molecular weight excluding hydrogens is 342 g/mol. The Bertz CT molecular complexity index is 891. The molecule has 0 radical (unpaired) electrons. The molecule has 0 amide bonds. The highest BCUT2D eigenvalue weighted by atomic mass is 16.5. The number of aryl methyl sites for hydroxylation is 1. The van der Waals surface area contributed by atoms with Crippen LogP contribution in [0.5, 0.6) is 0 Å². The van der Waals surface area contributed by atoms with E-state index in [-0.39, 0.29) is 0 Å². The first-order chi connectivity index (χ1) is 13.2. The smallest absolute Gasteiger partial charge is 0.259 e. The summed E-state index contributed by atoms with van der Waals surface area (Å²) in [5.41, 5.74) is 2.15. The van der Waals surface area contributed by atoms with Gasteiger partial charge in [0.25, 0.3) is 5.89 Å². The summed E-state index contributed by atoms with van der Waals surface area (Å²) in [5.74, 6) is 3.03. The SMILES string of the molecule is C/C(=C\c1ccco1)CN1CCN(c2ccc(-c3nc(C)no3)cn2)CC1. The first-order valence-corrected chi connectivity index (χ1v) is 9.12. The number of anilines is 1. The summed E-state index contributed by atoms with van der Waals surface area (Å²) in [6.07, 6.45) is 5.60. The van der Waals surface area contributed by atoms with E-state index in [9.17, 15) is 0 Å². The van der Waals surface area contributed by atoms with Gasteiger partial charge in [-0.15, -0.1) is 0 Å². The Kier molecular flexibility index (Phi) is 5.02. The minimum absolute atomic E-state index is 0.509. The van der Waals surface area contributed by atoms with Crippen LogP contribution in [0.2, 0.25) is 0 Å². The minimum Gasteiger partial charge on any atom is -0.465 e. The Morgan fingerprint density at radius 2 is 2.04 bits per heavy atom. The van der Waals surface area contributed by atoms with E-state index in [4.69, 9.17) is 8.94 Å². The van der Waals surface area contributed by atoms with Crippen molar-refractivity contribution in [2.24, 2.45) is 0 Å². The van der Waals surface area contributed by atoms with Gasteiger partial charge in [-0.25, -0.2) is 4.98 Å². The van der Waals surface area contributed by atoms with E-state index in [0.717, 1.165) is 49.9 Å². The van der Waals surface area contributed by atoms with Gasteiger partial charge >= 0.3 is 0 Å². The lowest BCUT2D eigenvalue weighted by Gasteiger charge is -2.35. The maximum Gasteiger partial charge on any atom is 0.259 e. The van der Waals surface area contributed by atoms with Gasteiger partial charge in [0.15, 0.2) is 5.82 Å². The van der Waals surface area contributed by atoms with Crippen molar-refractivity contribution in [2.75, 3.05) is 37.6 Å². The van der Waals surface area contributed by atoms with Crippen LogP contribution >= 0.6 is 0 Å². The largest absolute Gasteiger partial charge is 0.465 e. The second kappa shape index (κ2) is 7.75. The van der Waals surface area contributed by atoms with Crippen molar-refractivity contribution in [3.8, 4) is 11.5 Å². The van der Waals surface area contributed by atoms with Crippen LogP contribution in [0.4, 0.5) is 5.82 Å². The van der Waals surface area contributed by atoms with Gasteiger partial charge in [-0.05, 0) is 44.2 Å². The third-order valence-corrected chi connectivity index (χ3v) is 4.62. The summed E-state index contributed by atoms with van der Waals surface area (Å²) >= 11 is 0. The van der Waals surface area contributed by atoms with Crippen molar-refractivity contribution in [1.82, 2.24) is 20.0 Å². The lowest BCUT2D eigenvalue weighted by atomic mass is 10.2. The van der Waals surface area contributed by atoms with Crippen LogP contribution in [0.25, 0.3) is 17.5 Å². The Morgan fingerprint density at radius 3 is 2.67 bits per heavy atom. The number of nitrogens with zero attached hydrogens (tertiary/aromatic N) is 5. The Balaban J connectivity index is 1.32. The standard InChI is InChI=1S/C20H23N5O2/c1-15(12-18-4-3-11-26-18)14-24-7-9-25(10-8-24)19-6-5-17(13-21-19)20-22-16(2)23-27-20/h3-6,11-13H,7-10,14H2,1-2H3/b15-12+. The highest BCUT2D eigenvalue weighted by molar-refractivity contribution is 5.54. The quantitative estimate of drug-likeness (QED) is 0.687. The molecule has 3 aromatic rings. The van der Waals surface area contributed by atoms with Crippen molar-refractivity contribution >= 4 is 11.9 Å². The molecule has 7 heteroatoms. The second-order valence-corrected chi connectivity index (χ2v) is 6.82. The number of hydrogen-bond acceptors (Lipinski definition) is 7. The van der Waals surface area contributed by atoms with E-state index in [1.807, 2.05) is 24.3 Å². The highest BCUT2D eigenvalue weighted by Crippen LogP contribution is 2.20. The molecule has 1 aliphatic rings. The average Bonchev–Trinajstić information content (AvgIpc) is 3.34. The molecule has 0 aromatic carbocycles. The zero-order chi connectivity index (χ0) is 18.6. The molecule has 1 aliphatic heterocycles. The fourth-order valence-corrected chi connectivity index (χ4v) is 3.26. The van der Waals surface area contributed by atoms with E-state index >= 15 is 0 Å². The molecule has 0 unspecified atom stereocenters. The van der Waals surface area contributed by atoms with E-state index in [1.54, 1.807) is 19.4 Å². The monoisotopic (exact) mass is 365 g/mol. The number of hydrogen-bond donors (Lipinski definition) is 0. The molecule has 1 fully saturated rings.